The molecule has 2 aromatic rings. The zero-order valence-corrected chi connectivity index (χ0v) is 11.8. The summed E-state index contributed by atoms with van der Waals surface area (Å²) < 4.78 is 32.7. The molecule has 0 unspecified atom stereocenters. The Labute approximate surface area is 121 Å². The summed E-state index contributed by atoms with van der Waals surface area (Å²) in [6.45, 7) is 0.475. The molecule has 1 aliphatic rings. The van der Waals surface area contributed by atoms with Gasteiger partial charge in [-0.1, -0.05) is 0 Å². The summed E-state index contributed by atoms with van der Waals surface area (Å²) in [4.78, 5) is 3.78. The molecule has 1 aromatic heterocycles. The first-order chi connectivity index (χ1) is 10.1. The lowest BCUT2D eigenvalue weighted by Crippen LogP contribution is -2.19. The molecule has 21 heavy (non-hydrogen) atoms. The Morgan fingerprint density at radius 3 is 2.90 bits per heavy atom. The molecule has 0 radical (unpaired) electrons. The molecule has 0 aliphatic carbocycles. The minimum Gasteiger partial charge on any atom is -0.492 e. The average molecular weight is 307 g/mol. The highest BCUT2D eigenvalue weighted by molar-refractivity contribution is 7.92. The van der Waals surface area contributed by atoms with Crippen LogP contribution in [0.5, 0.6) is 5.75 Å². The predicted octanol–water partition coefficient (Wildman–Crippen LogP) is 0.580. The van der Waals surface area contributed by atoms with Gasteiger partial charge in [-0.25, -0.2) is 18.1 Å². The van der Waals surface area contributed by atoms with Crippen LogP contribution in [0.4, 0.5) is 11.6 Å². The Morgan fingerprint density at radius 2 is 2.14 bits per heavy atom. The number of benzene rings is 1. The van der Waals surface area contributed by atoms with E-state index in [-0.39, 0.29) is 10.8 Å². The van der Waals surface area contributed by atoms with Crippen molar-refractivity contribution >= 4 is 21.7 Å². The van der Waals surface area contributed by atoms with Crippen LogP contribution in [0.1, 0.15) is 12.0 Å². The maximum atomic E-state index is 12.5. The number of fused-ring (bicyclic) bond motifs is 1. The zero-order valence-electron chi connectivity index (χ0n) is 11.0. The Bertz CT molecular complexity index is 764. The molecule has 9 heteroatoms. The molecule has 0 spiro atoms. The van der Waals surface area contributed by atoms with Crippen molar-refractivity contribution in [1.82, 2.24) is 15.2 Å². The van der Waals surface area contributed by atoms with Gasteiger partial charge in [0.15, 0.2) is 0 Å². The lowest BCUT2D eigenvalue weighted by molar-refractivity contribution is 0.280. The van der Waals surface area contributed by atoms with Gasteiger partial charge in [-0.3, -0.25) is 0 Å². The summed E-state index contributed by atoms with van der Waals surface area (Å²) >= 11 is 0. The van der Waals surface area contributed by atoms with E-state index in [1.807, 2.05) is 0 Å². The molecule has 2 heterocycles. The molecule has 0 fully saturated rings. The Morgan fingerprint density at radius 1 is 1.29 bits per heavy atom. The molecule has 8 nitrogen and oxygen atoms in total. The number of nitrogens with two attached hydrogens (primary N) is 1. The molecule has 1 aromatic carbocycles. The number of hydrogen-bond donors (Lipinski definition) is 2. The predicted molar refractivity (Wildman–Crippen MR) is 75.3 cm³/mol. The highest BCUT2D eigenvalue weighted by atomic mass is 32.2. The van der Waals surface area contributed by atoms with Gasteiger partial charge >= 0.3 is 0 Å². The Balaban J connectivity index is 2.05. The van der Waals surface area contributed by atoms with Crippen molar-refractivity contribution in [2.24, 2.45) is 0 Å². The fourth-order valence-electron chi connectivity index (χ4n) is 2.14. The van der Waals surface area contributed by atoms with Crippen LogP contribution < -0.4 is 15.2 Å². The fourth-order valence-corrected chi connectivity index (χ4v) is 3.31. The van der Waals surface area contributed by atoms with Crippen LogP contribution in [-0.4, -0.2) is 30.2 Å². The van der Waals surface area contributed by atoms with Crippen molar-refractivity contribution in [2.75, 3.05) is 17.1 Å². The van der Waals surface area contributed by atoms with Crippen molar-refractivity contribution in [3.63, 3.8) is 0 Å². The van der Waals surface area contributed by atoms with Gasteiger partial charge in [-0.2, -0.15) is 5.10 Å². The Kier molecular flexibility index (Phi) is 3.34. The van der Waals surface area contributed by atoms with E-state index in [4.69, 9.17) is 10.5 Å². The molecule has 0 saturated heterocycles. The van der Waals surface area contributed by atoms with Gasteiger partial charge in [0.2, 0.25) is 0 Å². The number of anilines is 2. The van der Waals surface area contributed by atoms with E-state index in [1.54, 1.807) is 6.07 Å². The van der Waals surface area contributed by atoms with E-state index in [0.717, 1.165) is 18.4 Å². The fraction of sp³-hybridized carbons (Fsp3) is 0.250. The number of nitrogens with one attached hydrogen (secondary N) is 1. The number of rotatable bonds is 3. The van der Waals surface area contributed by atoms with Crippen LogP contribution >= 0.6 is 0 Å². The van der Waals surface area contributed by atoms with E-state index in [0.29, 0.717) is 18.0 Å². The topological polar surface area (TPSA) is 120 Å². The van der Waals surface area contributed by atoms with Gasteiger partial charge in [-0.05, 0) is 30.5 Å². The number of aromatic nitrogens is 3. The van der Waals surface area contributed by atoms with E-state index in [9.17, 15) is 8.42 Å². The summed E-state index contributed by atoms with van der Waals surface area (Å²) in [5, 5.41) is 7.17. The van der Waals surface area contributed by atoms with E-state index in [2.05, 4.69) is 19.9 Å². The number of nitrogen functional groups attached to an aromatic ring is 1. The number of hydrogen-bond acceptors (Lipinski definition) is 7. The van der Waals surface area contributed by atoms with Gasteiger partial charge in [0, 0.05) is 5.69 Å². The molecule has 0 bridgehead atoms. The number of sulfonamides is 1. The third kappa shape index (κ3) is 2.72. The summed E-state index contributed by atoms with van der Waals surface area (Å²) in [6, 6.07) is 3.09. The maximum absolute atomic E-state index is 12.5. The highest BCUT2D eigenvalue weighted by Crippen LogP contribution is 2.35. The van der Waals surface area contributed by atoms with Crippen LogP contribution in [0, 0.1) is 0 Å². The molecule has 0 saturated carbocycles. The molecule has 3 rings (SSSR count). The van der Waals surface area contributed by atoms with Gasteiger partial charge in [0.25, 0.3) is 16.0 Å². The second-order valence-electron chi connectivity index (χ2n) is 4.53. The highest BCUT2D eigenvalue weighted by Gasteiger charge is 2.26. The number of ether oxygens (including phenoxy) is 1. The van der Waals surface area contributed by atoms with Crippen LogP contribution in [0.15, 0.2) is 29.4 Å². The maximum Gasteiger partial charge on any atom is 0.268 e. The SMILES string of the molecule is Nc1cc2c(c(S(=O)(=O)Nc3nccnn3)c1)OCCC2. The van der Waals surface area contributed by atoms with Crippen molar-refractivity contribution in [3.05, 3.63) is 30.1 Å². The van der Waals surface area contributed by atoms with E-state index >= 15 is 0 Å². The van der Waals surface area contributed by atoms with Gasteiger partial charge in [0.1, 0.15) is 10.6 Å². The third-order valence-electron chi connectivity index (χ3n) is 2.99. The minimum absolute atomic E-state index is 0.00958. The molecule has 0 amide bonds. The average Bonchev–Trinajstić information content (AvgIpc) is 2.47. The van der Waals surface area contributed by atoms with Gasteiger partial charge in [0.05, 0.1) is 19.0 Å². The quantitative estimate of drug-likeness (QED) is 0.796. The second-order valence-corrected chi connectivity index (χ2v) is 6.18. The summed E-state index contributed by atoms with van der Waals surface area (Å²) in [7, 11) is -3.90. The van der Waals surface area contributed by atoms with Crippen LogP contribution in [0.2, 0.25) is 0 Å². The first-order valence-electron chi connectivity index (χ1n) is 6.28. The summed E-state index contributed by atoms with van der Waals surface area (Å²) in [5.41, 5.74) is 6.93. The first-order valence-corrected chi connectivity index (χ1v) is 7.76. The third-order valence-corrected chi connectivity index (χ3v) is 4.32. The van der Waals surface area contributed by atoms with Gasteiger partial charge in [-0.15, -0.1) is 5.10 Å². The van der Waals surface area contributed by atoms with Crippen LogP contribution in [0.3, 0.4) is 0 Å². The summed E-state index contributed by atoms with van der Waals surface area (Å²) in [5.74, 6) is 0.233. The molecular formula is C12H13N5O3S. The van der Waals surface area contributed by atoms with Gasteiger partial charge < -0.3 is 10.5 Å². The number of aryl methyl sites for hydroxylation is 1. The summed E-state index contributed by atoms with van der Waals surface area (Å²) in [6.07, 6.45) is 4.25. The minimum atomic E-state index is -3.90. The molecule has 3 N–H and O–H groups in total. The zero-order chi connectivity index (χ0) is 14.9. The van der Waals surface area contributed by atoms with Crippen LogP contribution in [-0.2, 0) is 16.4 Å². The first kappa shape index (κ1) is 13.6. The second kappa shape index (κ2) is 5.17. The molecular weight excluding hydrogens is 294 g/mol. The molecule has 1 aliphatic heterocycles. The van der Waals surface area contributed by atoms with E-state index in [1.165, 1.54) is 18.5 Å². The molecule has 0 atom stereocenters. The number of nitrogens with zero attached hydrogens (tertiary/aromatic N) is 3. The van der Waals surface area contributed by atoms with Crippen molar-refractivity contribution in [2.45, 2.75) is 17.7 Å². The lowest BCUT2D eigenvalue weighted by atomic mass is 10.1. The van der Waals surface area contributed by atoms with Crippen molar-refractivity contribution in [1.29, 1.82) is 0 Å². The van der Waals surface area contributed by atoms with E-state index < -0.39 is 10.0 Å². The largest absolute Gasteiger partial charge is 0.492 e. The normalized spacial score (nSPS) is 14.1. The van der Waals surface area contributed by atoms with Crippen molar-refractivity contribution in [3.8, 4) is 5.75 Å². The smallest absolute Gasteiger partial charge is 0.268 e. The Hall–Kier alpha value is -2.42. The monoisotopic (exact) mass is 307 g/mol. The van der Waals surface area contributed by atoms with Crippen molar-refractivity contribution < 1.29 is 13.2 Å². The standard InChI is InChI=1S/C12H13N5O3S/c13-9-6-8-2-1-5-20-11(8)10(7-9)21(18,19)17-12-14-3-4-15-16-12/h3-4,6-7H,1-2,5,13H2,(H,14,16,17). The lowest BCUT2D eigenvalue weighted by Gasteiger charge is -2.21. The van der Waals surface area contributed by atoms with Crippen LogP contribution in [0.25, 0.3) is 0 Å². The molecule has 110 valence electrons.